The largest absolute Gasteiger partial charge is 0.299 e. The van der Waals surface area contributed by atoms with E-state index in [4.69, 9.17) is 0 Å². The summed E-state index contributed by atoms with van der Waals surface area (Å²) in [6.45, 7) is 4.41. The number of aromatic nitrogens is 1. The molecule has 0 saturated heterocycles. The van der Waals surface area contributed by atoms with Crippen molar-refractivity contribution in [2.45, 2.75) is 39.7 Å². The molecule has 2 aliphatic carbocycles. The van der Waals surface area contributed by atoms with E-state index in [1.165, 1.54) is 4.31 Å². The minimum absolute atomic E-state index is 0.0703. The molecule has 0 aliphatic heterocycles. The number of hydrogen-bond donors (Lipinski definition) is 0. The summed E-state index contributed by atoms with van der Waals surface area (Å²) in [4.78, 5) is 16.6. The van der Waals surface area contributed by atoms with Gasteiger partial charge in [-0.1, -0.05) is 19.9 Å². The van der Waals surface area contributed by atoms with Crippen LogP contribution in [-0.4, -0.2) is 36.3 Å². The van der Waals surface area contributed by atoms with E-state index in [1.54, 1.807) is 25.5 Å². The average Bonchev–Trinajstić information content (AvgIpc) is 2.82. The molecule has 2 bridgehead atoms. The third-order valence-corrected chi connectivity index (χ3v) is 8.11. The van der Waals surface area contributed by atoms with E-state index in [0.717, 1.165) is 12.0 Å². The van der Waals surface area contributed by atoms with E-state index in [9.17, 15) is 13.2 Å². The molecule has 6 heteroatoms. The highest BCUT2D eigenvalue weighted by molar-refractivity contribution is 7.89. The zero-order chi connectivity index (χ0) is 16.9. The summed E-state index contributed by atoms with van der Waals surface area (Å²) in [6.07, 6.45) is 5.52. The van der Waals surface area contributed by atoms with Crippen molar-refractivity contribution in [1.29, 1.82) is 0 Å². The monoisotopic (exact) mass is 336 g/mol. The van der Waals surface area contributed by atoms with Gasteiger partial charge < -0.3 is 0 Å². The summed E-state index contributed by atoms with van der Waals surface area (Å²) < 4.78 is 27.1. The van der Waals surface area contributed by atoms with Gasteiger partial charge in [-0.15, -0.1) is 0 Å². The third kappa shape index (κ3) is 2.52. The van der Waals surface area contributed by atoms with Crippen LogP contribution < -0.4 is 0 Å². The Morgan fingerprint density at radius 2 is 2.13 bits per heavy atom. The van der Waals surface area contributed by atoms with Crippen LogP contribution in [0.15, 0.2) is 24.5 Å². The molecular formula is C17H24N2O3S. The summed E-state index contributed by atoms with van der Waals surface area (Å²) in [5, 5.41) is 0. The van der Waals surface area contributed by atoms with E-state index in [1.807, 2.05) is 6.07 Å². The van der Waals surface area contributed by atoms with Crippen molar-refractivity contribution in [3.63, 3.8) is 0 Å². The fourth-order valence-corrected chi connectivity index (χ4v) is 6.24. The zero-order valence-electron chi connectivity index (χ0n) is 13.9. The highest BCUT2D eigenvalue weighted by atomic mass is 32.2. The third-order valence-electron chi connectivity index (χ3n) is 6.17. The van der Waals surface area contributed by atoms with Gasteiger partial charge in [-0.2, -0.15) is 0 Å². The smallest absolute Gasteiger partial charge is 0.215 e. The van der Waals surface area contributed by atoms with E-state index in [0.29, 0.717) is 18.8 Å². The summed E-state index contributed by atoms with van der Waals surface area (Å²) in [6, 6.07) is 3.65. The fraction of sp³-hybridized carbons (Fsp3) is 0.647. The molecule has 2 atom stereocenters. The summed E-state index contributed by atoms with van der Waals surface area (Å²) in [5.41, 5.74) is -0.0937. The molecule has 126 valence electrons. The minimum Gasteiger partial charge on any atom is -0.299 e. The number of carbonyl (C=O) groups is 1. The molecule has 1 heterocycles. The standard InChI is InChI=1S/C17H24N2O3S/c1-16(2)14-6-7-17(16,15(20)9-14)12-23(21,22)19(3)11-13-5-4-8-18-10-13/h4-5,8,10,14H,6-7,9,11-12H2,1-3H3/t14-,17?/m0/s1. The fourth-order valence-electron chi connectivity index (χ4n) is 4.38. The number of pyridine rings is 1. The Bertz CT molecular complexity index is 715. The van der Waals surface area contributed by atoms with Crippen molar-refractivity contribution in [2.75, 3.05) is 12.8 Å². The molecule has 2 fully saturated rings. The van der Waals surface area contributed by atoms with Crippen molar-refractivity contribution in [2.24, 2.45) is 16.7 Å². The van der Waals surface area contributed by atoms with Crippen LogP contribution >= 0.6 is 0 Å². The Morgan fingerprint density at radius 3 is 2.65 bits per heavy atom. The van der Waals surface area contributed by atoms with Gasteiger partial charge in [0.1, 0.15) is 5.78 Å². The first-order chi connectivity index (χ1) is 10.7. The Morgan fingerprint density at radius 1 is 1.39 bits per heavy atom. The lowest BCUT2D eigenvalue weighted by Crippen LogP contribution is -2.45. The molecule has 2 saturated carbocycles. The molecule has 1 unspecified atom stereocenters. The van der Waals surface area contributed by atoms with Crippen LogP contribution in [0.4, 0.5) is 0 Å². The van der Waals surface area contributed by atoms with Gasteiger partial charge in [-0.25, -0.2) is 12.7 Å². The molecule has 0 radical (unpaired) electrons. The highest BCUT2D eigenvalue weighted by Crippen LogP contribution is 2.64. The maximum absolute atomic E-state index is 12.9. The SMILES string of the molecule is CN(Cc1cccnc1)S(=O)(=O)CC12CC[C@@H](CC1=O)C2(C)C. The van der Waals surface area contributed by atoms with E-state index < -0.39 is 15.4 Å². The Labute approximate surface area is 138 Å². The zero-order valence-corrected chi connectivity index (χ0v) is 14.8. The van der Waals surface area contributed by atoms with Gasteiger partial charge >= 0.3 is 0 Å². The first kappa shape index (κ1) is 16.6. The minimum atomic E-state index is -3.51. The summed E-state index contributed by atoms with van der Waals surface area (Å²) in [7, 11) is -1.92. The van der Waals surface area contributed by atoms with Crippen molar-refractivity contribution < 1.29 is 13.2 Å². The van der Waals surface area contributed by atoms with Crippen molar-refractivity contribution in [3.05, 3.63) is 30.1 Å². The van der Waals surface area contributed by atoms with Gasteiger partial charge in [0.15, 0.2) is 0 Å². The number of nitrogens with zero attached hydrogens (tertiary/aromatic N) is 2. The number of carbonyl (C=O) groups excluding carboxylic acids is 1. The molecule has 1 aromatic rings. The van der Waals surface area contributed by atoms with Crippen LogP contribution in [0.25, 0.3) is 0 Å². The lowest BCUT2D eigenvalue weighted by Gasteiger charge is -2.37. The van der Waals surface area contributed by atoms with Crippen LogP contribution in [0, 0.1) is 16.7 Å². The predicted molar refractivity (Wildman–Crippen MR) is 88.1 cm³/mol. The van der Waals surface area contributed by atoms with Gasteiger partial charge in [0, 0.05) is 37.8 Å². The summed E-state index contributed by atoms with van der Waals surface area (Å²) >= 11 is 0. The van der Waals surface area contributed by atoms with E-state index >= 15 is 0 Å². The second kappa shape index (κ2) is 5.38. The van der Waals surface area contributed by atoms with Crippen molar-refractivity contribution in [3.8, 4) is 0 Å². The first-order valence-electron chi connectivity index (χ1n) is 8.05. The van der Waals surface area contributed by atoms with Crippen LogP contribution in [0.1, 0.15) is 38.7 Å². The lowest BCUT2D eigenvalue weighted by atomic mass is 9.70. The lowest BCUT2D eigenvalue weighted by molar-refractivity contribution is -0.128. The molecule has 0 N–H and O–H groups in total. The quantitative estimate of drug-likeness (QED) is 0.827. The molecule has 1 aromatic heterocycles. The predicted octanol–water partition coefficient (Wildman–Crippen LogP) is 2.24. The first-order valence-corrected chi connectivity index (χ1v) is 9.66. The second-order valence-corrected chi connectivity index (χ2v) is 9.62. The number of sulfonamides is 1. The Kier molecular flexibility index (Phi) is 3.88. The van der Waals surface area contributed by atoms with Crippen LogP contribution in [-0.2, 0) is 21.4 Å². The van der Waals surface area contributed by atoms with Gasteiger partial charge in [-0.3, -0.25) is 9.78 Å². The maximum atomic E-state index is 12.9. The van der Waals surface area contributed by atoms with Crippen LogP contribution in [0.5, 0.6) is 0 Å². The van der Waals surface area contributed by atoms with Crippen molar-refractivity contribution in [1.82, 2.24) is 9.29 Å². The maximum Gasteiger partial charge on any atom is 0.215 e. The number of ketones is 1. The number of hydrogen-bond acceptors (Lipinski definition) is 4. The van der Waals surface area contributed by atoms with Gasteiger partial charge in [0.25, 0.3) is 0 Å². The van der Waals surface area contributed by atoms with Crippen LogP contribution in [0.2, 0.25) is 0 Å². The normalized spacial score (nSPS) is 29.4. The molecule has 0 amide bonds. The van der Waals surface area contributed by atoms with E-state index in [-0.39, 0.29) is 23.5 Å². The summed E-state index contributed by atoms with van der Waals surface area (Å²) in [5.74, 6) is 0.393. The molecule has 2 aliphatic rings. The van der Waals surface area contributed by atoms with E-state index in [2.05, 4.69) is 18.8 Å². The molecule has 5 nitrogen and oxygen atoms in total. The topological polar surface area (TPSA) is 67.3 Å². The molecular weight excluding hydrogens is 312 g/mol. The highest BCUT2D eigenvalue weighted by Gasteiger charge is 2.65. The Hall–Kier alpha value is -1.27. The van der Waals surface area contributed by atoms with Gasteiger partial charge in [0.2, 0.25) is 10.0 Å². The van der Waals surface area contributed by atoms with Crippen molar-refractivity contribution >= 4 is 15.8 Å². The molecule has 23 heavy (non-hydrogen) atoms. The molecule has 0 spiro atoms. The van der Waals surface area contributed by atoms with Gasteiger partial charge in [-0.05, 0) is 35.8 Å². The van der Waals surface area contributed by atoms with Crippen LogP contribution in [0.3, 0.4) is 0 Å². The second-order valence-electron chi connectivity index (χ2n) is 7.54. The van der Waals surface area contributed by atoms with Gasteiger partial charge in [0.05, 0.1) is 5.75 Å². The number of rotatable bonds is 5. The number of Topliss-reactive ketones (excluding diaryl/α,β-unsaturated/α-hetero) is 1. The Balaban J connectivity index is 1.82. The molecule has 3 rings (SSSR count). The number of fused-ring (bicyclic) bond motifs is 2. The molecule has 0 aromatic carbocycles. The average molecular weight is 336 g/mol.